The van der Waals surface area contributed by atoms with Crippen molar-refractivity contribution in [3.8, 4) is 0 Å². The number of hydrogen-bond acceptors (Lipinski definition) is 2. The van der Waals surface area contributed by atoms with Gasteiger partial charge in [0.1, 0.15) is 0 Å². The molecule has 112 valence electrons. The van der Waals surface area contributed by atoms with Crippen LogP contribution in [0.15, 0.2) is 42.5 Å². The van der Waals surface area contributed by atoms with Gasteiger partial charge >= 0.3 is 0 Å². The average Bonchev–Trinajstić information content (AvgIpc) is 2.47. The Morgan fingerprint density at radius 1 is 0.905 bits per heavy atom. The van der Waals surface area contributed by atoms with Gasteiger partial charge in [0.15, 0.2) is 0 Å². The van der Waals surface area contributed by atoms with Gasteiger partial charge in [0, 0.05) is 16.6 Å². The van der Waals surface area contributed by atoms with E-state index < -0.39 is 0 Å². The molecule has 0 unspecified atom stereocenters. The van der Waals surface area contributed by atoms with Gasteiger partial charge in [0.2, 0.25) is 0 Å². The third kappa shape index (κ3) is 5.01. The van der Waals surface area contributed by atoms with Crippen molar-refractivity contribution < 1.29 is 0 Å². The molecule has 0 spiro atoms. The molecule has 0 aliphatic rings. The van der Waals surface area contributed by atoms with Crippen molar-refractivity contribution in [1.82, 2.24) is 5.32 Å². The summed E-state index contributed by atoms with van der Waals surface area (Å²) in [6.07, 6.45) is 1.74. The Labute approximate surface area is 136 Å². The number of halogens is 2. The smallest absolute Gasteiger partial charge is 0.0453 e. The predicted molar refractivity (Wildman–Crippen MR) is 91.1 cm³/mol. The zero-order valence-corrected chi connectivity index (χ0v) is 13.4. The first kappa shape index (κ1) is 16.3. The molecule has 0 aromatic heterocycles. The van der Waals surface area contributed by atoms with E-state index >= 15 is 0 Å². The number of benzene rings is 2. The molecule has 0 aliphatic heterocycles. The lowest BCUT2D eigenvalue weighted by molar-refractivity contribution is 0.686. The summed E-state index contributed by atoms with van der Waals surface area (Å²) in [4.78, 5) is 0. The second-order valence-electron chi connectivity index (χ2n) is 4.99. The van der Waals surface area contributed by atoms with Crippen LogP contribution in [0.1, 0.15) is 16.7 Å². The third-order valence-corrected chi connectivity index (χ3v) is 4.08. The van der Waals surface area contributed by atoms with Crippen molar-refractivity contribution in [2.45, 2.75) is 19.4 Å². The number of rotatable bonds is 7. The molecule has 0 saturated carbocycles. The van der Waals surface area contributed by atoms with Gasteiger partial charge < -0.3 is 11.1 Å². The molecule has 0 amide bonds. The molecule has 2 aromatic rings. The van der Waals surface area contributed by atoms with Crippen LogP contribution in [-0.2, 0) is 19.4 Å². The van der Waals surface area contributed by atoms with Crippen molar-refractivity contribution in [2.24, 2.45) is 5.73 Å². The second kappa shape index (κ2) is 8.40. The Morgan fingerprint density at radius 2 is 1.57 bits per heavy atom. The molecule has 3 N–H and O–H groups in total. The lowest BCUT2D eigenvalue weighted by Gasteiger charge is -2.09. The highest BCUT2D eigenvalue weighted by Gasteiger charge is 2.04. The lowest BCUT2D eigenvalue weighted by Crippen LogP contribution is -2.17. The van der Waals surface area contributed by atoms with Gasteiger partial charge in [-0.3, -0.25) is 0 Å². The fourth-order valence-electron chi connectivity index (χ4n) is 2.28. The quantitative estimate of drug-likeness (QED) is 0.760. The first-order valence-corrected chi connectivity index (χ1v) is 7.88. The summed E-state index contributed by atoms with van der Waals surface area (Å²) in [7, 11) is 0. The van der Waals surface area contributed by atoms with Crippen LogP contribution in [0.25, 0.3) is 0 Å². The monoisotopic (exact) mass is 322 g/mol. The molecular weight excluding hydrogens is 303 g/mol. The van der Waals surface area contributed by atoms with E-state index in [1.807, 2.05) is 18.2 Å². The Kier molecular flexibility index (Phi) is 6.52. The number of nitrogens with two attached hydrogens (primary N) is 1. The highest BCUT2D eigenvalue weighted by Crippen LogP contribution is 2.24. The predicted octanol–water partition coefficient (Wildman–Crippen LogP) is 3.83. The van der Waals surface area contributed by atoms with Crippen molar-refractivity contribution >= 4 is 23.2 Å². The molecule has 4 heteroatoms. The Balaban J connectivity index is 1.83. The SMILES string of the molecule is NCCc1cccc(CNCCc2c(Cl)cccc2Cl)c1. The van der Waals surface area contributed by atoms with Gasteiger partial charge in [-0.15, -0.1) is 0 Å². The molecular formula is C17H20Cl2N2. The van der Waals surface area contributed by atoms with Crippen molar-refractivity contribution in [1.29, 1.82) is 0 Å². The van der Waals surface area contributed by atoms with E-state index in [9.17, 15) is 0 Å². The maximum Gasteiger partial charge on any atom is 0.0453 e. The standard InChI is InChI=1S/C17H20Cl2N2/c18-16-5-2-6-17(19)15(16)8-10-21-12-14-4-1-3-13(11-14)7-9-20/h1-6,11,21H,7-10,12,20H2. The van der Waals surface area contributed by atoms with Crippen LogP contribution in [0.3, 0.4) is 0 Å². The van der Waals surface area contributed by atoms with Crippen LogP contribution in [0.2, 0.25) is 10.0 Å². The Morgan fingerprint density at radius 3 is 2.29 bits per heavy atom. The Hall–Kier alpha value is -1.06. The fraction of sp³-hybridized carbons (Fsp3) is 0.294. The van der Waals surface area contributed by atoms with E-state index in [2.05, 4.69) is 29.6 Å². The topological polar surface area (TPSA) is 38.0 Å². The van der Waals surface area contributed by atoms with E-state index in [0.29, 0.717) is 6.54 Å². The molecule has 0 heterocycles. The summed E-state index contributed by atoms with van der Waals surface area (Å²) in [5.74, 6) is 0. The fourth-order valence-corrected chi connectivity index (χ4v) is 2.87. The second-order valence-corrected chi connectivity index (χ2v) is 5.80. The average molecular weight is 323 g/mol. The van der Waals surface area contributed by atoms with E-state index in [-0.39, 0.29) is 0 Å². The minimum atomic E-state index is 0.682. The number of nitrogens with one attached hydrogen (secondary N) is 1. The minimum absolute atomic E-state index is 0.682. The third-order valence-electron chi connectivity index (χ3n) is 3.37. The Bertz CT molecular complexity index is 565. The van der Waals surface area contributed by atoms with Gasteiger partial charge in [-0.1, -0.05) is 53.5 Å². The molecule has 2 rings (SSSR count). The molecule has 0 aliphatic carbocycles. The van der Waals surface area contributed by atoms with Gasteiger partial charge in [-0.25, -0.2) is 0 Å². The van der Waals surface area contributed by atoms with Crippen molar-refractivity contribution in [3.63, 3.8) is 0 Å². The summed E-state index contributed by atoms with van der Waals surface area (Å²) >= 11 is 12.3. The first-order valence-electron chi connectivity index (χ1n) is 7.12. The first-order chi connectivity index (χ1) is 10.2. The summed E-state index contributed by atoms with van der Waals surface area (Å²) < 4.78 is 0. The summed E-state index contributed by atoms with van der Waals surface area (Å²) in [6.45, 7) is 2.35. The van der Waals surface area contributed by atoms with Crippen LogP contribution >= 0.6 is 23.2 Å². The van der Waals surface area contributed by atoms with E-state index in [4.69, 9.17) is 28.9 Å². The maximum absolute atomic E-state index is 6.16. The van der Waals surface area contributed by atoms with E-state index in [1.165, 1.54) is 11.1 Å². The summed E-state index contributed by atoms with van der Waals surface area (Å²) in [5, 5.41) is 4.89. The van der Waals surface area contributed by atoms with Crippen LogP contribution in [0.4, 0.5) is 0 Å². The molecule has 0 saturated heterocycles. The van der Waals surface area contributed by atoms with Crippen molar-refractivity contribution in [3.05, 3.63) is 69.2 Å². The zero-order chi connectivity index (χ0) is 15.1. The summed E-state index contributed by atoms with van der Waals surface area (Å²) in [5.41, 5.74) is 9.14. The molecule has 2 nitrogen and oxygen atoms in total. The molecule has 0 radical (unpaired) electrons. The number of hydrogen-bond donors (Lipinski definition) is 2. The van der Waals surface area contributed by atoms with Gasteiger partial charge in [-0.2, -0.15) is 0 Å². The van der Waals surface area contributed by atoms with Crippen molar-refractivity contribution in [2.75, 3.05) is 13.1 Å². The van der Waals surface area contributed by atoms with E-state index in [1.54, 1.807) is 0 Å². The molecule has 2 aromatic carbocycles. The molecule has 0 atom stereocenters. The maximum atomic E-state index is 6.16. The molecule has 21 heavy (non-hydrogen) atoms. The lowest BCUT2D eigenvalue weighted by atomic mass is 10.1. The van der Waals surface area contributed by atoms with Gasteiger partial charge in [0.05, 0.1) is 0 Å². The highest BCUT2D eigenvalue weighted by molar-refractivity contribution is 6.35. The molecule has 0 fully saturated rings. The normalized spacial score (nSPS) is 10.8. The minimum Gasteiger partial charge on any atom is -0.330 e. The molecule has 0 bridgehead atoms. The van der Waals surface area contributed by atoms with Crippen LogP contribution in [0.5, 0.6) is 0 Å². The van der Waals surface area contributed by atoms with E-state index in [0.717, 1.165) is 41.5 Å². The zero-order valence-electron chi connectivity index (χ0n) is 11.9. The summed E-state index contributed by atoms with van der Waals surface area (Å²) in [6, 6.07) is 14.1. The van der Waals surface area contributed by atoms with Crippen LogP contribution < -0.4 is 11.1 Å². The van der Waals surface area contributed by atoms with Crippen LogP contribution in [-0.4, -0.2) is 13.1 Å². The van der Waals surface area contributed by atoms with Gasteiger partial charge in [0.25, 0.3) is 0 Å². The largest absolute Gasteiger partial charge is 0.330 e. The van der Waals surface area contributed by atoms with Gasteiger partial charge in [-0.05, 0) is 54.8 Å². The van der Waals surface area contributed by atoms with Crippen LogP contribution in [0, 0.1) is 0 Å². The highest BCUT2D eigenvalue weighted by atomic mass is 35.5.